The predicted octanol–water partition coefficient (Wildman–Crippen LogP) is 5.05. The number of fused-ring (bicyclic) bond motifs is 5. The first-order valence-electron chi connectivity index (χ1n) is 11.7. The monoisotopic (exact) mass is 414 g/mol. The molecule has 0 amide bonds. The van der Waals surface area contributed by atoms with Crippen molar-refractivity contribution in [1.82, 2.24) is 20.0 Å². The van der Waals surface area contributed by atoms with Crippen LogP contribution in [0.3, 0.4) is 0 Å². The summed E-state index contributed by atoms with van der Waals surface area (Å²) in [7, 11) is 0. The number of allylic oxidation sites excluding steroid dienone is 4. The van der Waals surface area contributed by atoms with Crippen molar-refractivity contribution in [3.05, 3.63) is 60.2 Å². The van der Waals surface area contributed by atoms with E-state index in [0.29, 0.717) is 24.2 Å². The van der Waals surface area contributed by atoms with Gasteiger partial charge < -0.3 is 0 Å². The van der Waals surface area contributed by atoms with Crippen LogP contribution in [0, 0.1) is 28.6 Å². The van der Waals surface area contributed by atoms with E-state index in [0.717, 1.165) is 19.3 Å². The van der Waals surface area contributed by atoms with Crippen LogP contribution in [-0.4, -0.2) is 25.8 Å². The van der Waals surface area contributed by atoms with Crippen LogP contribution in [0.4, 0.5) is 0 Å². The van der Waals surface area contributed by atoms with E-state index in [1.165, 1.54) is 29.6 Å². The number of ketones is 1. The largest absolute Gasteiger partial charge is 0.295 e. The maximum atomic E-state index is 12.4. The molecule has 0 radical (unpaired) electrons. The summed E-state index contributed by atoms with van der Waals surface area (Å²) >= 11 is 0. The molecular formula is C26H30N4O. The van der Waals surface area contributed by atoms with E-state index >= 15 is 0 Å². The second-order valence-corrected chi connectivity index (χ2v) is 10.5. The highest BCUT2D eigenvalue weighted by Crippen LogP contribution is 2.68. The second-order valence-electron chi connectivity index (χ2n) is 10.5. The van der Waals surface area contributed by atoms with E-state index in [4.69, 9.17) is 0 Å². The van der Waals surface area contributed by atoms with E-state index in [-0.39, 0.29) is 22.7 Å². The van der Waals surface area contributed by atoms with E-state index in [1.807, 2.05) is 29.3 Å². The number of aromatic nitrogens is 4. The summed E-state index contributed by atoms with van der Waals surface area (Å²) in [5.41, 5.74) is 4.35. The van der Waals surface area contributed by atoms with Gasteiger partial charge in [0.05, 0.1) is 12.2 Å². The maximum Gasteiger partial charge on any atom is 0.155 e. The van der Waals surface area contributed by atoms with Gasteiger partial charge in [0.25, 0.3) is 0 Å². The van der Waals surface area contributed by atoms with Crippen LogP contribution >= 0.6 is 0 Å². The molecule has 4 aliphatic carbocycles. The molecule has 2 heterocycles. The third kappa shape index (κ3) is 2.68. The first kappa shape index (κ1) is 19.1. The van der Waals surface area contributed by atoms with Crippen LogP contribution in [-0.2, 0) is 4.79 Å². The van der Waals surface area contributed by atoms with Gasteiger partial charge in [0.1, 0.15) is 0 Å². The smallest absolute Gasteiger partial charge is 0.155 e. The number of hydrogen-bond donors (Lipinski definition) is 0. The molecule has 4 aliphatic rings. The van der Waals surface area contributed by atoms with Crippen LogP contribution in [0.2, 0.25) is 0 Å². The summed E-state index contributed by atoms with van der Waals surface area (Å²) < 4.78 is 2.01. The average molecular weight is 415 g/mol. The molecule has 5 heteroatoms. The van der Waals surface area contributed by atoms with Gasteiger partial charge in [-0.3, -0.25) is 9.78 Å². The lowest BCUT2D eigenvalue weighted by Crippen LogP contribution is -2.52. The number of hydrogen-bond acceptors (Lipinski definition) is 4. The van der Waals surface area contributed by atoms with E-state index in [9.17, 15) is 4.79 Å². The molecule has 2 aromatic rings. The molecule has 0 aliphatic heterocycles. The normalized spacial score (nSPS) is 39.2. The molecule has 31 heavy (non-hydrogen) atoms. The number of pyridine rings is 1. The van der Waals surface area contributed by atoms with Gasteiger partial charge in [0.2, 0.25) is 0 Å². The fourth-order valence-electron chi connectivity index (χ4n) is 7.78. The van der Waals surface area contributed by atoms with Crippen molar-refractivity contribution in [2.24, 2.45) is 28.6 Å². The molecule has 0 N–H and O–H groups in total. The van der Waals surface area contributed by atoms with Crippen LogP contribution in [0.15, 0.2) is 54.6 Å². The van der Waals surface area contributed by atoms with Crippen LogP contribution in [0.25, 0.3) is 5.57 Å². The zero-order valence-corrected chi connectivity index (χ0v) is 18.4. The van der Waals surface area contributed by atoms with Gasteiger partial charge in [-0.2, -0.15) is 0 Å². The predicted molar refractivity (Wildman–Crippen MR) is 119 cm³/mol. The van der Waals surface area contributed by atoms with Crippen molar-refractivity contribution in [2.45, 2.75) is 58.4 Å². The molecule has 160 valence electrons. The number of rotatable bonds is 2. The van der Waals surface area contributed by atoms with Crippen molar-refractivity contribution in [1.29, 1.82) is 0 Å². The van der Waals surface area contributed by atoms with Crippen LogP contribution in [0.5, 0.6) is 0 Å². The summed E-state index contributed by atoms with van der Waals surface area (Å²) in [4.78, 5) is 16.8. The molecule has 6 atom stereocenters. The van der Waals surface area contributed by atoms with Gasteiger partial charge in [-0.1, -0.05) is 31.2 Å². The fraction of sp³-hybridized carbons (Fsp3) is 0.538. The Morgan fingerprint density at radius 3 is 2.81 bits per heavy atom. The summed E-state index contributed by atoms with van der Waals surface area (Å²) in [5, 5.41) is 8.48. The molecule has 0 spiro atoms. The van der Waals surface area contributed by atoms with Crippen LogP contribution < -0.4 is 0 Å². The SMILES string of the molecule is C[C@]12CCC(=O)C=C1C(n1ccnn1)CC1C2CC[C@]2(C)C(c3cccnc3)=CCC12. The number of carbonyl (C=O) groups excluding carboxylic acids is 1. The Hall–Kier alpha value is -2.56. The standard InChI is InChI=1S/C26H30N4O/c1-25-10-8-22-19(21(25)6-5-20(25)17-4-3-11-27-16-17)15-24(30-13-12-28-29-30)23-14-18(31)7-9-26(22,23)2/h3-5,11-14,16,19,21-22,24H,6-10,15H2,1-2H3/t19?,21?,22?,24?,25-,26-/m1/s1. The molecule has 0 saturated heterocycles. The first-order chi connectivity index (χ1) is 15.0. The minimum absolute atomic E-state index is 0.0752. The van der Waals surface area contributed by atoms with Gasteiger partial charge >= 0.3 is 0 Å². The minimum atomic E-state index is 0.0752. The molecule has 0 bridgehead atoms. The molecule has 2 aromatic heterocycles. The average Bonchev–Trinajstić information content (AvgIpc) is 3.42. The zero-order chi connectivity index (χ0) is 21.2. The lowest BCUT2D eigenvalue weighted by molar-refractivity contribution is -0.117. The zero-order valence-electron chi connectivity index (χ0n) is 18.4. The lowest BCUT2D eigenvalue weighted by atomic mass is 9.46. The van der Waals surface area contributed by atoms with Gasteiger partial charge in [-0.25, -0.2) is 4.68 Å². The second kappa shape index (κ2) is 6.72. The highest BCUT2D eigenvalue weighted by Gasteiger charge is 2.59. The van der Waals surface area contributed by atoms with Gasteiger partial charge in [0.15, 0.2) is 5.78 Å². The summed E-state index contributed by atoms with van der Waals surface area (Å²) in [5.74, 6) is 2.15. The van der Waals surface area contributed by atoms with E-state index in [2.05, 4.69) is 47.4 Å². The van der Waals surface area contributed by atoms with Crippen molar-refractivity contribution in [2.75, 3.05) is 0 Å². The lowest BCUT2D eigenvalue weighted by Gasteiger charge is -2.59. The topological polar surface area (TPSA) is 60.7 Å². The minimum Gasteiger partial charge on any atom is -0.295 e. The fourth-order valence-corrected chi connectivity index (χ4v) is 7.78. The summed E-state index contributed by atoms with van der Waals surface area (Å²) in [6.45, 7) is 4.92. The van der Waals surface area contributed by atoms with E-state index < -0.39 is 0 Å². The van der Waals surface area contributed by atoms with Crippen molar-refractivity contribution >= 4 is 11.4 Å². The third-order valence-electron chi connectivity index (χ3n) is 9.29. The van der Waals surface area contributed by atoms with Crippen molar-refractivity contribution < 1.29 is 4.79 Å². The third-order valence-corrected chi connectivity index (χ3v) is 9.29. The number of carbonyl (C=O) groups is 1. The van der Waals surface area contributed by atoms with Gasteiger partial charge in [-0.15, -0.1) is 5.10 Å². The molecular weight excluding hydrogens is 384 g/mol. The van der Waals surface area contributed by atoms with Crippen LogP contribution in [0.1, 0.15) is 64.0 Å². The Kier molecular flexibility index (Phi) is 4.15. The highest BCUT2D eigenvalue weighted by molar-refractivity contribution is 5.91. The quantitative estimate of drug-likeness (QED) is 0.690. The van der Waals surface area contributed by atoms with E-state index in [1.54, 1.807) is 6.20 Å². The Balaban J connectivity index is 1.41. The van der Waals surface area contributed by atoms with Gasteiger partial charge in [-0.05, 0) is 89.5 Å². The molecule has 4 unspecified atom stereocenters. The maximum absolute atomic E-state index is 12.4. The Morgan fingerprint density at radius 1 is 1.13 bits per heavy atom. The molecule has 0 aromatic carbocycles. The Bertz CT molecular complexity index is 1070. The summed E-state index contributed by atoms with van der Waals surface area (Å²) in [6.07, 6.45) is 18.4. The molecule has 2 saturated carbocycles. The molecule has 5 nitrogen and oxygen atoms in total. The first-order valence-corrected chi connectivity index (χ1v) is 11.7. The van der Waals surface area contributed by atoms with Gasteiger partial charge in [0, 0.05) is 25.0 Å². The molecule has 2 fully saturated rings. The van der Waals surface area contributed by atoms with Crippen molar-refractivity contribution in [3.8, 4) is 0 Å². The summed E-state index contributed by atoms with van der Waals surface area (Å²) in [6, 6.07) is 4.41. The highest BCUT2D eigenvalue weighted by atomic mass is 16.1. The molecule has 6 rings (SSSR count). The number of nitrogens with zero attached hydrogens (tertiary/aromatic N) is 4. The Labute approximate surface area is 183 Å². The van der Waals surface area contributed by atoms with Crippen molar-refractivity contribution in [3.63, 3.8) is 0 Å². The Morgan fingerprint density at radius 2 is 2.03 bits per heavy atom.